The number of nitrogens with zero attached hydrogens (tertiary/aromatic N) is 1. The fourth-order valence-corrected chi connectivity index (χ4v) is 1.67. The highest BCUT2D eigenvalue weighted by Gasteiger charge is 2.00. The third-order valence-corrected chi connectivity index (χ3v) is 2.68. The average Bonchev–Trinajstić information content (AvgIpc) is 2.30. The van der Waals surface area contributed by atoms with Gasteiger partial charge in [-0.15, -0.1) is 6.42 Å². The van der Waals surface area contributed by atoms with Crippen LogP contribution in [-0.4, -0.2) is 24.5 Å². The monoisotopic (exact) mass is 216 g/mol. The number of hydrogen-bond donors (Lipinski definition) is 1. The Balaban J connectivity index is 2.29. The Labute approximate surface area is 98.4 Å². The summed E-state index contributed by atoms with van der Waals surface area (Å²) in [7, 11) is 0. The molecule has 0 unspecified atom stereocenters. The zero-order chi connectivity index (χ0) is 11.8. The van der Waals surface area contributed by atoms with Gasteiger partial charge in [0.25, 0.3) is 0 Å². The molecule has 2 heteroatoms. The van der Waals surface area contributed by atoms with Crippen LogP contribution in [0.4, 0.5) is 5.69 Å². The molecule has 0 aliphatic heterocycles. The summed E-state index contributed by atoms with van der Waals surface area (Å²) in [6.07, 6.45) is 7.52. The first-order valence-corrected chi connectivity index (χ1v) is 5.76. The van der Waals surface area contributed by atoms with E-state index in [0.29, 0.717) is 0 Å². The molecule has 16 heavy (non-hydrogen) atoms. The van der Waals surface area contributed by atoms with Gasteiger partial charge < -0.3 is 5.73 Å². The van der Waals surface area contributed by atoms with E-state index >= 15 is 0 Å². The lowest BCUT2D eigenvalue weighted by atomic mass is 10.1. The van der Waals surface area contributed by atoms with Crippen LogP contribution in [0.5, 0.6) is 0 Å². The summed E-state index contributed by atoms with van der Waals surface area (Å²) in [5, 5.41) is 0. The molecule has 0 saturated carbocycles. The van der Waals surface area contributed by atoms with Crippen molar-refractivity contribution in [1.29, 1.82) is 0 Å². The zero-order valence-corrected chi connectivity index (χ0v) is 9.95. The lowest BCUT2D eigenvalue weighted by molar-refractivity contribution is 0.319. The summed E-state index contributed by atoms with van der Waals surface area (Å²) in [6.45, 7) is 4.97. The van der Waals surface area contributed by atoms with Gasteiger partial charge in [0.1, 0.15) is 0 Å². The van der Waals surface area contributed by atoms with Gasteiger partial charge >= 0.3 is 0 Å². The number of aryl methyl sites for hydroxylation is 1. The Morgan fingerprint density at radius 3 is 2.56 bits per heavy atom. The van der Waals surface area contributed by atoms with E-state index in [0.717, 1.165) is 38.2 Å². The van der Waals surface area contributed by atoms with Crippen LogP contribution in [0.25, 0.3) is 0 Å². The van der Waals surface area contributed by atoms with Crippen LogP contribution in [0.2, 0.25) is 0 Å². The molecule has 0 radical (unpaired) electrons. The van der Waals surface area contributed by atoms with E-state index < -0.39 is 0 Å². The quantitative estimate of drug-likeness (QED) is 0.583. The van der Waals surface area contributed by atoms with Crippen LogP contribution >= 0.6 is 0 Å². The fourth-order valence-electron chi connectivity index (χ4n) is 1.67. The first-order chi connectivity index (χ1) is 7.76. The van der Waals surface area contributed by atoms with Crippen molar-refractivity contribution in [2.75, 3.05) is 25.4 Å². The molecule has 0 atom stereocenters. The van der Waals surface area contributed by atoms with E-state index in [1.54, 1.807) is 0 Å². The number of anilines is 1. The smallest absolute Gasteiger partial charge is 0.0598 e. The molecule has 2 N–H and O–H groups in total. The molecular weight excluding hydrogens is 196 g/mol. The minimum absolute atomic E-state index is 0.748. The molecule has 2 nitrogen and oxygen atoms in total. The van der Waals surface area contributed by atoms with E-state index in [-0.39, 0.29) is 0 Å². The highest BCUT2D eigenvalue weighted by atomic mass is 15.1. The van der Waals surface area contributed by atoms with Gasteiger partial charge in [-0.3, -0.25) is 4.90 Å². The Morgan fingerprint density at radius 1 is 1.31 bits per heavy atom. The third kappa shape index (κ3) is 4.37. The maximum Gasteiger partial charge on any atom is 0.0598 e. The standard InChI is InChI=1S/C14H20N2/c1-3-11-16(4-2)12-5-6-13-7-9-14(15)10-8-13/h1,7-10H,4-6,11-12,15H2,2H3. The summed E-state index contributed by atoms with van der Waals surface area (Å²) in [5.41, 5.74) is 7.80. The molecule has 0 aromatic heterocycles. The maximum absolute atomic E-state index is 5.63. The molecule has 1 rings (SSSR count). The van der Waals surface area contributed by atoms with Crippen LogP contribution in [-0.2, 0) is 6.42 Å². The van der Waals surface area contributed by atoms with Crippen molar-refractivity contribution < 1.29 is 0 Å². The van der Waals surface area contributed by atoms with Crippen molar-refractivity contribution >= 4 is 5.69 Å². The number of hydrogen-bond acceptors (Lipinski definition) is 2. The lowest BCUT2D eigenvalue weighted by Gasteiger charge is -2.16. The van der Waals surface area contributed by atoms with Crippen molar-refractivity contribution in [3.63, 3.8) is 0 Å². The minimum Gasteiger partial charge on any atom is -0.399 e. The summed E-state index contributed by atoms with van der Waals surface area (Å²) in [6, 6.07) is 8.09. The molecule has 0 heterocycles. The molecule has 1 aromatic carbocycles. The second-order valence-corrected chi connectivity index (χ2v) is 3.92. The first-order valence-electron chi connectivity index (χ1n) is 5.76. The topological polar surface area (TPSA) is 29.3 Å². The lowest BCUT2D eigenvalue weighted by Crippen LogP contribution is -2.25. The largest absolute Gasteiger partial charge is 0.399 e. The number of nitrogens with two attached hydrogens (primary N) is 1. The van der Waals surface area contributed by atoms with Gasteiger partial charge in [-0.05, 0) is 43.6 Å². The molecule has 0 fully saturated rings. The summed E-state index contributed by atoms with van der Waals surface area (Å²) in [5.74, 6) is 2.68. The first kappa shape index (κ1) is 12.6. The van der Waals surface area contributed by atoms with Gasteiger partial charge in [0.05, 0.1) is 6.54 Å². The summed E-state index contributed by atoms with van der Waals surface area (Å²) < 4.78 is 0. The van der Waals surface area contributed by atoms with Gasteiger partial charge in [0.2, 0.25) is 0 Å². The van der Waals surface area contributed by atoms with E-state index in [2.05, 4.69) is 29.9 Å². The molecule has 86 valence electrons. The Hall–Kier alpha value is -1.46. The number of benzene rings is 1. The van der Waals surface area contributed by atoms with E-state index in [1.165, 1.54) is 5.56 Å². The highest BCUT2D eigenvalue weighted by Crippen LogP contribution is 2.08. The van der Waals surface area contributed by atoms with Crippen LogP contribution in [0.15, 0.2) is 24.3 Å². The van der Waals surface area contributed by atoms with Gasteiger partial charge in [0, 0.05) is 5.69 Å². The maximum atomic E-state index is 5.63. The predicted octanol–water partition coefficient (Wildman–Crippen LogP) is 2.16. The molecule has 0 aliphatic rings. The van der Waals surface area contributed by atoms with Gasteiger partial charge in [-0.1, -0.05) is 25.0 Å². The molecule has 1 aromatic rings. The second kappa shape index (κ2) is 6.92. The van der Waals surface area contributed by atoms with E-state index in [9.17, 15) is 0 Å². The van der Waals surface area contributed by atoms with Crippen molar-refractivity contribution in [3.8, 4) is 12.3 Å². The van der Waals surface area contributed by atoms with E-state index in [1.807, 2.05) is 12.1 Å². The number of rotatable bonds is 6. The fraction of sp³-hybridized carbons (Fsp3) is 0.429. The Bertz CT molecular complexity index is 335. The molecule has 0 aliphatic carbocycles. The zero-order valence-electron chi connectivity index (χ0n) is 9.95. The van der Waals surface area contributed by atoms with E-state index in [4.69, 9.17) is 12.2 Å². The van der Waals surface area contributed by atoms with Crippen LogP contribution in [0.1, 0.15) is 18.9 Å². The van der Waals surface area contributed by atoms with Crippen molar-refractivity contribution in [2.45, 2.75) is 19.8 Å². The van der Waals surface area contributed by atoms with Gasteiger partial charge in [-0.2, -0.15) is 0 Å². The summed E-state index contributed by atoms with van der Waals surface area (Å²) >= 11 is 0. The Morgan fingerprint density at radius 2 is 2.00 bits per heavy atom. The molecule has 0 amide bonds. The SMILES string of the molecule is C#CCN(CC)CCCc1ccc(N)cc1. The average molecular weight is 216 g/mol. The molecule has 0 bridgehead atoms. The summed E-state index contributed by atoms with van der Waals surface area (Å²) in [4.78, 5) is 2.28. The number of nitrogen functional groups attached to an aromatic ring is 1. The molecule has 0 spiro atoms. The van der Waals surface area contributed by atoms with Crippen LogP contribution in [0.3, 0.4) is 0 Å². The van der Waals surface area contributed by atoms with Gasteiger partial charge in [0.15, 0.2) is 0 Å². The molecular formula is C14H20N2. The molecule has 0 saturated heterocycles. The highest BCUT2D eigenvalue weighted by molar-refractivity contribution is 5.39. The van der Waals surface area contributed by atoms with Crippen molar-refractivity contribution in [3.05, 3.63) is 29.8 Å². The van der Waals surface area contributed by atoms with Crippen molar-refractivity contribution in [2.24, 2.45) is 0 Å². The van der Waals surface area contributed by atoms with Crippen LogP contribution < -0.4 is 5.73 Å². The minimum atomic E-state index is 0.748. The predicted molar refractivity (Wildman–Crippen MR) is 70.1 cm³/mol. The third-order valence-electron chi connectivity index (χ3n) is 2.68. The van der Waals surface area contributed by atoms with Crippen molar-refractivity contribution in [1.82, 2.24) is 4.90 Å². The normalized spacial score (nSPS) is 10.3. The van der Waals surface area contributed by atoms with Crippen LogP contribution in [0, 0.1) is 12.3 Å². The second-order valence-electron chi connectivity index (χ2n) is 3.92. The van der Waals surface area contributed by atoms with Gasteiger partial charge in [-0.25, -0.2) is 0 Å². The number of terminal acetylenes is 1. The Kier molecular flexibility index (Phi) is 5.45.